The van der Waals surface area contributed by atoms with Crippen molar-refractivity contribution in [3.8, 4) is 0 Å². The predicted octanol–water partition coefficient (Wildman–Crippen LogP) is 1.31. The quantitative estimate of drug-likeness (QED) is 0.429. The van der Waals surface area contributed by atoms with E-state index in [4.69, 9.17) is 4.74 Å². The standard InChI is InChI=1S/C17H28BNO4/c1-17(2,3)23-16(20)11-7-8-12-19(4)13-14-9-5-6-10-15(14)18(21)22/h5-6,9-10,21-22H,7-8,11-13H2,1-4H3. The Morgan fingerprint density at radius 3 is 2.48 bits per heavy atom. The molecule has 0 aromatic heterocycles. The van der Waals surface area contributed by atoms with Crippen molar-refractivity contribution >= 4 is 18.6 Å². The summed E-state index contributed by atoms with van der Waals surface area (Å²) in [6, 6.07) is 7.29. The van der Waals surface area contributed by atoms with E-state index in [9.17, 15) is 14.8 Å². The highest BCUT2D eigenvalue weighted by Gasteiger charge is 2.17. The molecule has 0 fully saturated rings. The average molecular weight is 321 g/mol. The zero-order chi connectivity index (χ0) is 17.5. The first kappa shape index (κ1) is 19.7. The number of hydrogen-bond donors (Lipinski definition) is 2. The van der Waals surface area contributed by atoms with Crippen molar-refractivity contribution in [3.63, 3.8) is 0 Å². The predicted molar refractivity (Wildman–Crippen MR) is 92.3 cm³/mol. The van der Waals surface area contributed by atoms with E-state index in [2.05, 4.69) is 4.90 Å². The van der Waals surface area contributed by atoms with Crippen LogP contribution in [0.25, 0.3) is 0 Å². The first-order valence-corrected chi connectivity index (χ1v) is 8.03. The van der Waals surface area contributed by atoms with Crippen LogP contribution in [0.5, 0.6) is 0 Å². The molecule has 0 heterocycles. The van der Waals surface area contributed by atoms with Gasteiger partial charge < -0.3 is 19.7 Å². The number of carbonyl (C=O) groups excluding carboxylic acids is 1. The highest BCUT2D eigenvalue weighted by Crippen LogP contribution is 2.10. The summed E-state index contributed by atoms with van der Waals surface area (Å²) in [6.45, 7) is 7.07. The van der Waals surface area contributed by atoms with Crippen LogP contribution < -0.4 is 5.46 Å². The van der Waals surface area contributed by atoms with E-state index in [1.807, 2.05) is 40.0 Å². The molecule has 0 atom stereocenters. The van der Waals surface area contributed by atoms with Crippen molar-refractivity contribution in [2.24, 2.45) is 0 Å². The van der Waals surface area contributed by atoms with Gasteiger partial charge in [-0.3, -0.25) is 4.79 Å². The summed E-state index contributed by atoms with van der Waals surface area (Å²) in [7, 11) is 0.528. The van der Waals surface area contributed by atoms with Gasteiger partial charge in [0.15, 0.2) is 0 Å². The number of unbranched alkanes of at least 4 members (excludes halogenated alkanes) is 1. The average Bonchev–Trinajstić information content (AvgIpc) is 2.42. The molecule has 0 radical (unpaired) electrons. The number of rotatable bonds is 8. The summed E-state index contributed by atoms with van der Waals surface area (Å²) >= 11 is 0. The number of nitrogens with zero attached hydrogens (tertiary/aromatic N) is 1. The van der Waals surface area contributed by atoms with Crippen LogP contribution in [0.2, 0.25) is 0 Å². The lowest BCUT2D eigenvalue weighted by Crippen LogP contribution is -2.35. The van der Waals surface area contributed by atoms with E-state index in [1.54, 1.807) is 12.1 Å². The lowest BCUT2D eigenvalue weighted by Gasteiger charge is -2.20. The van der Waals surface area contributed by atoms with E-state index in [-0.39, 0.29) is 5.97 Å². The summed E-state index contributed by atoms with van der Waals surface area (Å²) in [6.07, 6.45) is 2.10. The number of esters is 1. The van der Waals surface area contributed by atoms with Crippen LogP contribution in [0, 0.1) is 0 Å². The van der Waals surface area contributed by atoms with Gasteiger partial charge in [0.05, 0.1) is 0 Å². The van der Waals surface area contributed by atoms with Gasteiger partial charge in [-0.2, -0.15) is 0 Å². The molecule has 0 unspecified atom stereocenters. The fourth-order valence-electron chi connectivity index (χ4n) is 2.34. The third-order valence-corrected chi connectivity index (χ3v) is 3.36. The van der Waals surface area contributed by atoms with E-state index in [0.29, 0.717) is 18.4 Å². The van der Waals surface area contributed by atoms with E-state index in [0.717, 1.165) is 24.9 Å². The van der Waals surface area contributed by atoms with Gasteiger partial charge in [0.1, 0.15) is 5.60 Å². The third kappa shape index (κ3) is 8.16. The lowest BCUT2D eigenvalue weighted by molar-refractivity contribution is -0.154. The molecule has 0 saturated carbocycles. The molecule has 2 N–H and O–H groups in total. The second-order valence-electron chi connectivity index (χ2n) is 6.85. The van der Waals surface area contributed by atoms with Crippen molar-refractivity contribution in [1.29, 1.82) is 0 Å². The van der Waals surface area contributed by atoms with Gasteiger partial charge in [0.2, 0.25) is 0 Å². The molecule has 0 aliphatic heterocycles. The number of ether oxygens (including phenoxy) is 1. The van der Waals surface area contributed by atoms with Crippen molar-refractivity contribution < 1.29 is 19.6 Å². The van der Waals surface area contributed by atoms with Gasteiger partial charge in [-0.15, -0.1) is 0 Å². The molecule has 0 bridgehead atoms. The van der Waals surface area contributed by atoms with Crippen LogP contribution in [0.4, 0.5) is 0 Å². The van der Waals surface area contributed by atoms with Crippen LogP contribution >= 0.6 is 0 Å². The zero-order valence-corrected chi connectivity index (χ0v) is 14.6. The summed E-state index contributed by atoms with van der Waals surface area (Å²) in [5.41, 5.74) is 1.01. The van der Waals surface area contributed by atoms with E-state index < -0.39 is 12.7 Å². The van der Waals surface area contributed by atoms with Crippen LogP contribution in [0.15, 0.2) is 24.3 Å². The number of benzene rings is 1. The van der Waals surface area contributed by atoms with Gasteiger partial charge in [-0.25, -0.2) is 0 Å². The van der Waals surface area contributed by atoms with Crippen molar-refractivity contribution in [1.82, 2.24) is 4.90 Å². The van der Waals surface area contributed by atoms with Crippen LogP contribution in [-0.2, 0) is 16.1 Å². The monoisotopic (exact) mass is 321 g/mol. The minimum absolute atomic E-state index is 0.158. The summed E-state index contributed by atoms with van der Waals surface area (Å²) in [5.74, 6) is -0.158. The molecular weight excluding hydrogens is 293 g/mol. The number of hydrogen-bond acceptors (Lipinski definition) is 5. The first-order valence-electron chi connectivity index (χ1n) is 8.03. The molecule has 5 nitrogen and oxygen atoms in total. The van der Waals surface area contributed by atoms with Gasteiger partial charge in [0.25, 0.3) is 0 Å². The lowest BCUT2D eigenvalue weighted by atomic mass is 9.77. The molecule has 128 valence electrons. The largest absolute Gasteiger partial charge is 0.488 e. The van der Waals surface area contributed by atoms with Gasteiger partial charge in [-0.05, 0) is 58.2 Å². The Hall–Kier alpha value is -1.37. The van der Waals surface area contributed by atoms with Gasteiger partial charge >= 0.3 is 13.1 Å². The zero-order valence-electron chi connectivity index (χ0n) is 14.6. The Morgan fingerprint density at radius 1 is 1.22 bits per heavy atom. The summed E-state index contributed by atoms with van der Waals surface area (Å²) in [4.78, 5) is 13.7. The highest BCUT2D eigenvalue weighted by molar-refractivity contribution is 6.59. The van der Waals surface area contributed by atoms with Crippen LogP contribution in [0.3, 0.4) is 0 Å². The second-order valence-corrected chi connectivity index (χ2v) is 6.85. The van der Waals surface area contributed by atoms with Crippen LogP contribution in [-0.4, -0.2) is 47.2 Å². The normalized spacial score (nSPS) is 11.6. The minimum Gasteiger partial charge on any atom is -0.460 e. The van der Waals surface area contributed by atoms with Crippen LogP contribution in [0.1, 0.15) is 45.6 Å². The first-order chi connectivity index (χ1) is 10.7. The molecule has 0 aliphatic rings. The highest BCUT2D eigenvalue weighted by atomic mass is 16.6. The maximum Gasteiger partial charge on any atom is 0.488 e. The maximum atomic E-state index is 11.6. The smallest absolute Gasteiger partial charge is 0.460 e. The molecule has 1 aromatic rings. The Morgan fingerprint density at radius 2 is 1.87 bits per heavy atom. The Balaban J connectivity index is 2.33. The fourth-order valence-corrected chi connectivity index (χ4v) is 2.34. The molecule has 0 amide bonds. The van der Waals surface area contributed by atoms with Gasteiger partial charge in [-0.1, -0.05) is 24.3 Å². The van der Waals surface area contributed by atoms with E-state index >= 15 is 0 Å². The molecule has 6 heteroatoms. The fraction of sp³-hybridized carbons (Fsp3) is 0.588. The maximum absolute atomic E-state index is 11.6. The summed E-state index contributed by atoms with van der Waals surface area (Å²) in [5, 5.41) is 18.7. The van der Waals surface area contributed by atoms with Gasteiger partial charge in [0, 0.05) is 13.0 Å². The van der Waals surface area contributed by atoms with E-state index in [1.165, 1.54) is 0 Å². The Kier molecular flexibility index (Phi) is 7.75. The molecule has 1 aromatic carbocycles. The second kappa shape index (κ2) is 9.06. The Bertz CT molecular complexity index is 500. The molecule has 23 heavy (non-hydrogen) atoms. The molecule has 1 rings (SSSR count). The Labute approximate surface area is 139 Å². The number of carbonyl (C=O) groups is 1. The topological polar surface area (TPSA) is 70.0 Å². The third-order valence-electron chi connectivity index (χ3n) is 3.36. The SMILES string of the molecule is CN(CCCCC(=O)OC(C)(C)C)Cc1ccccc1B(O)O. The van der Waals surface area contributed by atoms with Crippen molar-refractivity contribution in [2.45, 2.75) is 52.2 Å². The molecule has 0 spiro atoms. The minimum atomic E-state index is -1.45. The molecule has 0 saturated heterocycles. The van der Waals surface area contributed by atoms with Crippen molar-refractivity contribution in [3.05, 3.63) is 29.8 Å². The van der Waals surface area contributed by atoms with Crippen molar-refractivity contribution in [2.75, 3.05) is 13.6 Å². The summed E-state index contributed by atoms with van der Waals surface area (Å²) < 4.78 is 5.27. The molecule has 0 aliphatic carbocycles. The molecular formula is C17H28BNO4.